The van der Waals surface area contributed by atoms with E-state index in [9.17, 15) is 4.79 Å². The standard InChI is InChI=1S/C18H36N4O.HI/c1-7-19-16(23)18(5,6)13-21-17(20-8-2)22-10-9-15(12-22)11-14(3)4;/h14-15H,7-13H2,1-6H3,(H,19,23)(H,20,21);1H. The third-order valence-electron chi connectivity index (χ3n) is 4.30. The number of carbonyl (C=O) groups excluding carboxylic acids is 1. The minimum Gasteiger partial charge on any atom is -0.357 e. The van der Waals surface area contributed by atoms with Gasteiger partial charge in [-0.1, -0.05) is 13.8 Å². The summed E-state index contributed by atoms with van der Waals surface area (Å²) in [7, 11) is 0. The molecule has 142 valence electrons. The first-order valence-electron chi connectivity index (χ1n) is 9.11. The van der Waals surface area contributed by atoms with Gasteiger partial charge in [-0.3, -0.25) is 9.79 Å². The van der Waals surface area contributed by atoms with Crippen LogP contribution in [0.4, 0.5) is 0 Å². The van der Waals surface area contributed by atoms with Crippen LogP contribution < -0.4 is 10.6 Å². The summed E-state index contributed by atoms with van der Waals surface area (Å²) in [4.78, 5) is 19.2. The van der Waals surface area contributed by atoms with Crippen molar-refractivity contribution in [3.8, 4) is 0 Å². The fourth-order valence-electron chi connectivity index (χ4n) is 3.05. The molecule has 1 fully saturated rings. The first-order chi connectivity index (χ1) is 10.8. The van der Waals surface area contributed by atoms with Crippen LogP contribution in [0.1, 0.15) is 54.4 Å². The van der Waals surface area contributed by atoms with Crippen molar-refractivity contribution in [2.24, 2.45) is 22.2 Å². The van der Waals surface area contributed by atoms with Crippen LogP contribution in [-0.2, 0) is 4.79 Å². The van der Waals surface area contributed by atoms with Crippen molar-refractivity contribution < 1.29 is 4.79 Å². The Labute approximate surface area is 165 Å². The van der Waals surface area contributed by atoms with E-state index in [1.54, 1.807) is 0 Å². The lowest BCUT2D eigenvalue weighted by Gasteiger charge is -2.25. The van der Waals surface area contributed by atoms with Gasteiger partial charge in [-0.15, -0.1) is 24.0 Å². The summed E-state index contributed by atoms with van der Waals surface area (Å²) in [5.41, 5.74) is -0.478. The van der Waals surface area contributed by atoms with Crippen molar-refractivity contribution in [3.63, 3.8) is 0 Å². The molecule has 1 unspecified atom stereocenters. The molecular weight excluding hydrogens is 415 g/mol. The summed E-state index contributed by atoms with van der Waals surface area (Å²) in [5.74, 6) is 2.53. The van der Waals surface area contributed by atoms with E-state index >= 15 is 0 Å². The highest BCUT2D eigenvalue weighted by molar-refractivity contribution is 14.0. The van der Waals surface area contributed by atoms with Gasteiger partial charge in [-0.25, -0.2) is 0 Å². The third kappa shape index (κ3) is 7.57. The third-order valence-corrected chi connectivity index (χ3v) is 4.30. The molecule has 0 spiro atoms. The van der Waals surface area contributed by atoms with Gasteiger partial charge >= 0.3 is 0 Å². The van der Waals surface area contributed by atoms with E-state index in [0.29, 0.717) is 13.1 Å². The zero-order chi connectivity index (χ0) is 17.5. The van der Waals surface area contributed by atoms with E-state index in [4.69, 9.17) is 4.99 Å². The molecule has 1 atom stereocenters. The van der Waals surface area contributed by atoms with Crippen molar-refractivity contribution in [2.75, 3.05) is 32.7 Å². The lowest BCUT2D eigenvalue weighted by Crippen LogP contribution is -2.43. The highest BCUT2D eigenvalue weighted by Crippen LogP contribution is 2.23. The van der Waals surface area contributed by atoms with Crippen LogP contribution in [0.25, 0.3) is 0 Å². The first-order valence-corrected chi connectivity index (χ1v) is 9.11. The first kappa shape index (κ1) is 23.5. The van der Waals surface area contributed by atoms with Gasteiger partial charge in [-0.2, -0.15) is 0 Å². The van der Waals surface area contributed by atoms with Crippen LogP contribution in [0.5, 0.6) is 0 Å². The van der Waals surface area contributed by atoms with Crippen molar-refractivity contribution in [1.29, 1.82) is 0 Å². The minimum absolute atomic E-state index is 0. The molecule has 1 aliphatic rings. The molecule has 5 nitrogen and oxygen atoms in total. The number of guanidine groups is 1. The number of nitrogens with zero attached hydrogens (tertiary/aromatic N) is 2. The number of nitrogens with one attached hydrogen (secondary N) is 2. The monoisotopic (exact) mass is 452 g/mol. The molecule has 0 radical (unpaired) electrons. The lowest BCUT2D eigenvalue weighted by atomic mass is 9.92. The second-order valence-electron chi connectivity index (χ2n) is 7.64. The highest BCUT2D eigenvalue weighted by atomic mass is 127. The SMILES string of the molecule is CCNC(=O)C(C)(C)CN=C(NCC)N1CCC(CC(C)C)C1.I. The summed E-state index contributed by atoms with van der Waals surface area (Å²) >= 11 is 0. The van der Waals surface area contributed by atoms with Gasteiger partial charge in [0.2, 0.25) is 5.91 Å². The van der Waals surface area contributed by atoms with Crippen molar-refractivity contribution in [3.05, 3.63) is 0 Å². The van der Waals surface area contributed by atoms with E-state index in [2.05, 4.69) is 36.3 Å². The number of likely N-dealkylation sites (tertiary alicyclic amines) is 1. The van der Waals surface area contributed by atoms with E-state index in [1.807, 2.05) is 20.8 Å². The van der Waals surface area contributed by atoms with E-state index in [0.717, 1.165) is 37.4 Å². The molecule has 1 aliphatic heterocycles. The van der Waals surface area contributed by atoms with Crippen molar-refractivity contribution in [2.45, 2.75) is 54.4 Å². The summed E-state index contributed by atoms with van der Waals surface area (Å²) in [5, 5.41) is 6.28. The molecule has 0 aliphatic carbocycles. The Morgan fingerprint density at radius 3 is 2.42 bits per heavy atom. The van der Waals surface area contributed by atoms with E-state index < -0.39 is 5.41 Å². The van der Waals surface area contributed by atoms with E-state index in [1.165, 1.54) is 12.8 Å². The Bertz CT molecular complexity index is 410. The molecule has 24 heavy (non-hydrogen) atoms. The van der Waals surface area contributed by atoms with Crippen LogP contribution in [0.2, 0.25) is 0 Å². The maximum Gasteiger partial charge on any atom is 0.227 e. The number of carbonyl (C=O) groups is 1. The molecule has 0 aromatic heterocycles. The van der Waals surface area contributed by atoms with Crippen molar-refractivity contribution in [1.82, 2.24) is 15.5 Å². The van der Waals surface area contributed by atoms with Gasteiger partial charge < -0.3 is 15.5 Å². The molecule has 0 aromatic carbocycles. The number of aliphatic imine (C=N–C) groups is 1. The van der Waals surface area contributed by atoms with Crippen molar-refractivity contribution >= 4 is 35.8 Å². The summed E-state index contributed by atoms with van der Waals surface area (Å²) in [6.45, 7) is 16.7. The molecule has 1 amide bonds. The summed E-state index contributed by atoms with van der Waals surface area (Å²) < 4.78 is 0. The number of rotatable bonds is 7. The predicted molar refractivity (Wildman–Crippen MR) is 113 cm³/mol. The molecule has 0 saturated carbocycles. The smallest absolute Gasteiger partial charge is 0.227 e. The number of hydrogen-bond donors (Lipinski definition) is 2. The molecule has 0 aromatic rings. The predicted octanol–water partition coefficient (Wildman–Crippen LogP) is 3.10. The minimum atomic E-state index is -0.478. The van der Waals surface area contributed by atoms with Gasteiger partial charge in [0.25, 0.3) is 0 Å². The number of hydrogen-bond acceptors (Lipinski definition) is 2. The summed E-state index contributed by atoms with van der Waals surface area (Å²) in [6.07, 6.45) is 2.52. The molecule has 1 rings (SSSR count). The molecule has 6 heteroatoms. The van der Waals surface area contributed by atoms with Crippen LogP contribution in [-0.4, -0.2) is 49.5 Å². The highest BCUT2D eigenvalue weighted by Gasteiger charge is 2.29. The maximum absolute atomic E-state index is 12.1. The van der Waals surface area contributed by atoms with Crippen LogP contribution >= 0.6 is 24.0 Å². The second kappa shape index (κ2) is 11.2. The fraction of sp³-hybridized carbons (Fsp3) is 0.889. The van der Waals surface area contributed by atoms with Gasteiger partial charge in [-0.05, 0) is 52.4 Å². The Kier molecular flexibility index (Phi) is 10.9. The maximum atomic E-state index is 12.1. The zero-order valence-electron chi connectivity index (χ0n) is 16.3. The van der Waals surface area contributed by atoms with Gasteiger partial charge in [0.1, 0.15) is 0 Å². The number of halogens is 1. The average Bonchev–Trinajstić information content (AvgIpc) is 2.91. The quantitative estimate of drug-likeness (QED) is 0.355. The normalized spacial score (nSPS) is 18.5. The Hall–Kier alpha value is -0.530. The number of amides is 1. The zero-order valence-corrected chi connectivity index (χ0v) is 18.6. The molecule has 1 heterocycles. The lowest BCUT2D eigenvalue weighted by molar-refractivity contribution is -0.128. The van der Waals surface area contributed by atoms with Crippen LogP contribution in [0, 0.1) is 17.3 Å². The molecule has 2 N–H and O–H groups in total. The van der Waals surface area contributed by atoms with E-state index in [-0.39, 0.29) is 29.9 Å². The Morgan fingerprint density at radius 1 is 1.25 bits per heavy atom. The largest absolute Gasteiger partial charge is 0.357 e. The second-order valence-corrected chi connectivity index (χ2v) is 7.64. The van der Waals surface area contributed by atoms with Gasteiger partial charge in [0.05, 0.1) is 12.0 Å². The summed E-state index contributed by atoms with van der Waals surface area (Å²) in [6, 6.07) is 0. The average molecular weight is 452 g/mol. The fourth-order valence-corrected chi connectivity index (χ4v) is 3.05. The Balaban J connectivity index is 0.00000529. The van der Waals surface area contributed by atoms with Crippen LogP contribution in [0.15, 0.2) is 4.99 Å². The topological polar surface area (TPSA) is 56.7 Å². The van der Waals surface area contributed by atoms with Gasteiger partial charge in [0, 0.05) is 26.2 Å². The van der Waals surface area contributed by atoms with Gasteiger partial charge in [0.15, 0.2) is 5.96 Å². The Morgan fingerprint density at radius 2 is 1.88 bits per heavy atom. The van der Waals surface area contributed by atoms with Crippen LogP contribution in [0.3, 0.4) is 0 Å². The molecule has 1 saturated heterocycles. The molecular formula is C18H37IN4O. The molecule has 0 bridgehead atoms.